The van der Waals surface area contributed by atoms with Crippen LogP contribution >= 0.6 is 0 Å². The molecule has 150 valence electrons. The van der Waals surface area contributed by atoms with Crippen LogP contribution in [0.4, 0.5) is 5.82 Å². The molecule has 3 amide bonds. The first-order valence-corrected chi connectivity index (χ1v) is 9.38. The zero-order valence-corrected chi connectivity index (χ0v) is 16.7. The zero-order chi connectivity index (χ0) is 21.4. The minimum absolute atomic E-state index is 0.286. The Balaban J connectivity index is 1.58. The summed E-state index contributed by atoms with van der Waals surface area (Å²) in [7, 11) is 1.44. The smallest absolute Gasteiger partial charge is 0.261 e. The molecular weight excluding hydrogens is 382 g/mol. The number of carbonyl (C=O) groups excluding carboxylic acids is 3. The van der Waals surface area contributed by atoms with E-state index in [9.17, 15) is 14.4 Å². The summed E-state index contributed by atoms with van der Waals surface area (Å²) in [6, 6.07) is 10.5. The number of carbonyl (C=O) groups is 3. The van der Waals surface area contributed by atoms with Gasteiger partial charge in [0, 0.05) is 25.0 Å². The maximum Gasteiger partial charge on any atom is 0.261 e. The maximum absolute atomic E-state index is 12.8. The highest BCUT2D eigenvalue weighted by Gasteiger charge is 2.37. The summed E-state index contributed by atoms with van der Waals surface area (Å²) in [6.45, 7) is 3.52. The molecule has 0 fully saturated rings. The number of hydrogen-bond donors (Lipinski definition) is 1. The normalized spacial score (nSPS) is 13.9. The molecule has 3 heterocycles. The SMILES string of the molecule is Cc1cc2c(c([C@H](C)C(=O)Nc3ccc(-c4cccnc4)nn3)c1)C(=O)N(C)C2=O. The molecule has 8 nitrogen and oxygen atoms in total. The molecule has 3 aromatic rings. The molecule has 4 rings (SSSR count). The molecule has 0 unspecified atom stereocenters. The van der Waals surface area contributed by atoms with Gasteiger partial charge in [0.1, 0.15) is 0 Å². The van der Waals surface area contributed by atoms with Crippen LogP contribution < -0.4 is 5.32 Å². The van der Waals surface area contributed by atoms with Crippen LogP contribution in [0.15, 0.2) is 48.8 Å². The summed E-state index contributed by atoms with van der Waals surface area (Å²) in [5.74, 6) is -1.47. The number of nitrogens with one attached hydrogen (secondary N) is 1. The van der Waals surface area contributed by atoms with Crippen LogP contribution in [0.3, 0.4) is 0 Å². The second kappa shape index (κ2) is 7.47. The van der Waals surface area contributed by atoms with Gasteiger partial charge in [0.25, 0.3) is 11.8 Å². The van der Waals surface area contributed by atoms with Crippen molar-refractivity contribution in [3.05, 3.63) is 71.0 Å². The third kappa shape index (κ3) is 3.32. The van der Waals surface area contributed by atoms with E-state index < -0.39 is 11.8 Å². The van der Waals surface area contributed by atoms with Crippen molar-refractivity contribution in [1.82, 2.24) is 20.1 Å². The van der Waals surface area contributed by atoms with Gasteiger partial charge < -0.3 is 5.32 Å². The lowest BCUT2D eigenvalue weighted by Gasteiger charge is -2.15. The fourth-order valence-corrected chi connectivity index (χ4v) is 3.45. The molecule has 0 aliphatic carbocycles. The molecule has 0 bridgehead atoms. The van der Waals surface area contributed by atoms with Gasteiger partial charge in [-0.25, -0.2) is 0 Å². The van der Waals surface area contributed by atoms with Gasteiger partial charge in [-0.05, 0) is 55.3 Å². The highest BCUT2D eigenvalue weighted by molar-refractivity contribution is 6.22. The van der Waals surface area contributed by atoms with Gasteiger partial charge in [-0.1, -0.05) is 6.07 Å². The molecule has 0 saturated heterocycles. The summed E-state index contributed by atoms with van der Waals surface area (Å²) < 4.78 is 0. The number of anilines is 1. The summed E-state index contributed by atoms with van der Waals surface area (Å²) in [6.07, 6.45) is 3.35. The van der Waals surface area contributed by atoms with Crippen LogP contribution in [0.1, 0.15) is 44.7 Å². The van der Waals surface area contributed by atoms with E-state index >= 15 is 0 Å². The highest BCUT2D eigenvalue weighted by atomic mass is 16.2. The number of amides is 3. The third-order valence-electron chi connectivity index (χ3n) is 5.10. The first-order valence-electron chi connectivity index (χ1n) is 9.38. The van der Waals surface area contributed by atoms with Gasteiger partial charge >= 0.3 is 0 Å². The lowest BCUT2D eigenvalue weighted by Crippen LogP contribution is -2.25. The van der Waals surface area contributed by atoms with Crippen LogP contribution in [0.2, 0.25) is 0 Å². The number of aromatic nitrogens is 3. The summed E-state index contributed by atoms with van der Waals surface area (Å²) in [5, 5.41) is 10.9. The molecule has 1 aromatic carbocycles. The Bertz CT molecular complexity index is 1160. The first kappa shape index (κ1) is 19.4. The largest absolute Gasteiger partial charge is 0.309 e. The Hall–Kier alpha value is -3.94. The van der Waals surface area contributed by atoms with Crippen molar-refractivity contribution in [1.29, 1.82) is 0 Å². The minimum Gasteiger partial charge on any atom is -0.309 e. The van der Waals surface area contributed by atoms with E-state index in [-0.39, 0.29) is 17.4 Å². The lowest BCUT2D eigenvalue weighted by molar-refractivity contribution is -0.117. The molecule has 1 aliphatic heterocycles. The van der Waals surface area contributed by atoms with Gasteiger partial charge in [-0.3, -0.25) is 24.3 Å². The zero-order valence-electron chi connectivity index (χ0n) is 16.7. The van der Waals surface area contributed by atoms with E-state index in [0.29, 0.717) is 22.6 Å². The van der Waals surface area contributed by atoms with Gasteiger partial charge in [0.05, 0.1) is 22.7 Å². The van der Waals surface area contributed by atoms with Gasteiger partial charge in [0.15, 0.2) is 5.82 Å². The second-order valence-electron chi connectivity index (χ2n) is 7.20. The van der Waals surface area contributed by atoms with Crippen molar-refractivity contribution in [2.24, 2.45) is 0 Å². The molecule has 0 spiro atoms. The van der Waals surface area contributed by atoms with Crippen LogP contribution in [-0.4, -0.2) is 44.9 Å². The average molecular weight is 401 g/mol. The standard InChI is InChI=1S/C22H19N5O3/c1-12-9-15(19-16(10-12)21(29)27(3)22(19)30)13(2)20(28)24-18-7-6-17(25-26-18)14-5-4-8-23-11-14/h4-11,13H,1-3H3,(H,24,26,28)/t13-/m0/s1. The second-order valence-corrected chi connectivity index (χ2v) is 7.20. The van der Waals surface area contributed by atoms with Crippen LogP contribution in [0.25, 0.3) is 11.3 Å². The average Bonchev–Trinajstić information content (AvgIpc) is 2.97. The van der Waals surface area contributed by atoms with Crippen molar-refractivity contribution < 1.29 is 14.4 Å². The fraction of sp³-hybridized carbons (Fsp3) is 0.182. The van der Waals surface area contributed by atoms with Crippen molar-refractivity contribution in [2.45, 2.75) is 19.8 Å². The third-order valence-corrected chi connectivity index (χ3v) is 5.10. The van der Waals surface area contributed by atoms with Gasteiger partial charge in [0.2, 0.25) is 5.91 Å². The van der Waals surface area contributed by atoms with Crippen molar-refractivity contribution in [3.8, 4) is 11.3 Å². The summed E-state index contributed by atoms with van der Waals surface area (Å²) in [4.78, 5) is 42.8. The first-order chi connectivity index (χ1) is 14.4. The maximum atomic E-state index is 12.8. The molecular formula is C22H19N5O3. The highest BCUT2D eigenvalue weighted by Crippen LogP contribution is 2.31. The molecule has 1 N–H and O–H groups in total. The van der Waals surface area contributed by atoms with Crippen LogP contribution in [-0.2, 0) is 4.79 Å². The summed E-state index contributed by atoms with van der Waals surface area (Å²) >= 11 is 0. The Kier molecular flexibility index (Phi) is 4.83. The number of benzene rings is 1. The van der Waals surface area contributed by atoms with Gasteiger partial charge in [-0.2, -0.15) is 0 Å². The monoisotopic (exact) mass is 401 g/mol. The Morgan fingerprint density at radius 1 is 1.10 bits per heavy atom. The molecule has 8 heteroatoms. The fourth-order valence-electron chi connectivity index (χ4n) is 3.45. The Morgan fingerprint density at radius 2 is 1.90 bits per heavy atom. The quantitative estimate of drug-likeness (QED) is 0.674. The van der Waals surface area contributed by atoms with Gasteiger partial charge in [-0.15, -0.1) is 10.2 Å². The van der Waals surface area contributed by atoms with Crippen LogP contribution in [0.5, 0.6) is 0 Å². The molecule has 0 saturated carbocycles. The molecule has 1 atom stereocenters. The van der Waals surface area contributed by atoms with Crippen molar-refractivity contribution in [3.63, 3.8) is 0 Å². The van der Waals surface area contributed by atoms with E-state index in [1.54, 1.807) is 49.6 Å². The minimum atomic E-state index is -0.665. The van der Waals surface area contributed by atoms with Crippen molar-refractivity contribution >= 4 is 23.5 Å². The van der Waals surface area contributed by atoms with Crippen molar-refractivity contribution in [2.75, 3.05) is 12.4 Å². The molecule has 0 radical (unpaired) electrons. The predicted molar refractivity (Wildman–Crippen MR) is 110 cm³/mol. The van der Waals surface area contributed by atoms with E-state index in [2.05, 4.69) is 20.5 Å². The number of fused-ring (bicyclic) bond motifs is 1. The Morgan fingerprint density at radius 3 is 2.57 bits per heavy atom. The lowest BCUT2D eigenvalue weighted by atomic mass is 9.90. The number of nitrogens with zero attached hydrogens (tertiary/aromatic N) is 4. The van der Waals surface area contributed by atoms with E-state index in [0.717, 1.165) is 16.0 Å². The predicted octanol–water partition coefficient (Wildman–Crippen LogP) is 2.82. The Labute approximate surface area is 173 Å². The molecule has 1 aliphatic rings. The number of imide groups is 1. The number of rotatable bonds is 4. The van der Waals surface area contributed by atoms with E-state index in [1.807, 2.05) is 13.0 Å². The number of pyridine rings is 1. The van der Waals surface area contributed by atoms with E-state index in [4.69, 9.17) is 0 Å². The topological polar surface area (TPSA) is 105 Å². The van der Waals surface area contributed by atoms with Crippen LogP contribution in [0, 0.1) is 6.92 Å². The summed E-state index contributed by atoms with van der Waals surface area (Å²) in [5.41, 5.74) is 3.40. The van der Waals surface area contributed by atoms with E-state index in [1.165, 1.54) is 7.05 Å². The molecule has 30 heavy (non-hydrogen) atoms. The number of aryl methyl sites for hydroxylation is 1. The number of hydrogen-bond acceptors (Lipinski definition) is 6. The molecule has 2 aromatic heterocycles.